The van der Waals surface area contributed by atoms with Crippen molar-refractivity contribution in [2.24, 2.45) is 5.14 Å². The third-order valence-electron chi connectivity index (χ3n) is 3.16. The molecule has 2 aromatic heterocycles. The van der Waals surface area contributed by atoms with Gasteiger partial charge in [0, 0.05) is 23.7 Å². The van der Waals surface area contributed by atoms with Crippen molar-refractivity contribution < 1.29 is 8.42 Å². The van der Waals surface area contributed by atoms with Crippen molar-refractivity contribution in [2.75, 3.05) is 0 Å². The molecule has 21 heavy (non-hydrogen) atoms. The predicted octanol–water partition coefficient (Wildman–Crippen LogP) is 1.16. The van der Waals surface area contributed by atoms with E-state index in [-0.39, 0.29) is 5.16 Å². The molecule has 0 atom stereocenters. The Morgan fingerprint density at radius 3 is 2.67 bits per heavy atom. The quantitative estimate of drug-likeness (QED) is 0.782. The minimum Gasteiger partial charge on any atom is -0.297 e. The van der Waals surface area contributed by atoms with E-state index < -0.39 is 10.0 Å². The largest absolute Gasteiger partial charge is 0.297 e. The molecule has 0 saturated carbocycles. The topological polar surface area (TPSA) is 104 Å². The molecule has 1 aromatic carbocycles. The van der Waals surface area contributed by atoms with E-state index in [0.717, 1.165) is 16.5 Å². The molecule has 3 rings (SSSR count). The number of benzene rings is 1. The molecule has 0 aliphatic rings. The van der Waals surface area contributed by atoms with Crippen LogP contribution in [0.5, 0.6) is 0 Å². The molecular formula is C13H13N5O2S. The minimum atomic E-state index is -3.92. The molecule has 3 aromatic rings. The van der Waals surface area contributed by atoms with Crippen LogP contribution in [-0.4, -0.2) is 28.2 Å². The van der Waals surface area contributed by atoms with Crippen molar-refractivity contribution in [3.63, 3.8) is 0 Å². The minimum absolute atomic E-state index is 0.243. The van der Waals surface area contributed by atoms with Gasteiger partial charge in [0.2, 0.25) is 0 Å². The summed E-state index contributed by atoms with van der Waals surface area (Å²) in [5, 5.41) is 13.6. The number of pyridine rings is 1. The van der Waals surface area contributed by atoms with Gasteiger partial charge in [-0.3, -0.25) is 9.55 Å². The SMILES string of the molecule is CCn1c(-c2cccc3cccnc23)nnc1S(N)(=O)=O. The van der Waals surface area contributed by atoms with Crippen LogP contribution >= 0.6 is 0 Å². The standard InChI is InChI=1S/C13H13N5O2S/c1-2-18-12(16-17-13(18)21(14,19)20)10-7-3-5-9-6-4-8-15-11(9)10/h3-8H,2H2,1H3,(H2,14,19,20). The summed E-state index contributed by atoms with van der Waals surface area (Å²) in [6.07, 6.45) is 1.68. The highest BCUT2D eigenvalue weighted by molar-refractivity contribution is 7.89. The number of hydrogen-bond donors (Lipinski definition) is 1. The van der Waals surface area contributed by atoms with Crippen LogP contribution in [0.1, 0.15) is 6.92 Å². The van der Waals surface area contributed by atoms with Crippen LogP contribution < -0.4 is 5.14 Å². The number of para-hydroxylation sites is 1. The Bertz CT molecular complexity index is 912. The molecule has 0 amide bonds. The first kappa shape index (κ1) is 13.7. The third-order valence-corrected chi connectivity index (χ3v) is 3.97. The summed E-state index contributed by atoms with van der Waals surface area (Å²) >= 11 is 0. The molecule has 7 nitrogen and oxygen atoms in total. The third kappa shape index (κ3) is 2.28. The smallest absolute Gasteiger partial charge is 0.273 e. The Labute approximate surface area is 121 Å². The van der Waals surface area contributed by atoms with Gasteiger partial charge in [0.05, 0.1) is 5.52 Å². The van der Waals surface area contributed by atoms with E-state index in [1.165, 1.54) is 4.57 Å². The normalized spacial score (nSPS) is 11.9. The molecule has 0 spiro atoms. The maximum Gasteiger partial charge on any atom is 0.273 e. The number of fused-ring (bicyclic) bond motifs is 1. The second-order valence-corrected chi connectivity index (χ2v) is 5.93. The fourth-order valence-corrected chi connectivity index (χ4v) is 2.95. The maximum absolute atomic E-state index is 11.6. The Hall–Kier alpha value is -2.32. The molecule has 0 bridgehead atoms. The lowest BCUT2D eigenvalue weighted by Crippen LogP contribution is -2.18. The highest BCUT2D eigenvalue weighted by Gasteiger charge is 2.22. The number of rotatable bonds is 3. The Kier molecular flexibility index (Phi) is 3.19. The molecule has 0 fully saturated rings. The number of sulfonamides is 1. The van der Waals surface area contributed by atoms with E-state index in [4.69, 9.17) is 5.14 Å². The lowest BCUT2D eigenvalue weighted by atomic mass is 10.1. The van der Waals surface area contributed by atoms with Gasteiger partial charge in [0.25, 0.3) is 15.2 Å². The van der Waals surface area contributed by atoms with E-state index >= 15 is 0 Å². The summed E-state index contributed by atoms with van der Waals surface area (Å²) in [5.74, 6) is 0.436. The second kappa shape index (κ2) is 4.90. The Morgan fingerprint density at radius 2 is 1.95 bits per heavy atom. The second-order valence-electron chi connectivity index (χ2n) is 4.48. The zero-order chi connectivity index (χ0) is 15.0. The van der Waals surface area contributed by atoms with Gasteiger partial charge in [0.1, 0.15) is 0 Å². The monoisotopic (exact) mass is 303 g/mol. The van der Waals surface area contributed by atoms with Gasteiger partial charge in [-0.25, -0.2) is 13.6 Å². The molecule has 0 aliphatic heterocycles. The first-order valence-electron chi connectivity index (χ1n) is 6.32. The predicted molar refractivity (Wildman–Crippen MR) is 77.8 cm³/mol. The number of hydrogen-bond acceptors (Lipinski definition) is 5. The molecule has 8 heteroatoms. The van der Waals surface area contributed by atoms with Crippen LogP contribution in [0.4, 0.5) is 0 Å². The average Bonchev–Trinajstić information content (AvgIpc) is 2.90. The molecule has 0 saturated heterocycles. The zero-order valence-electron chi connectivity index (χ0n) is 11.3. The zero-order valence-corrected chi connectivity index (χ0v) is 12.1. The van der Waals surface area contributed by atoms with Gasteiger partial charge in [-0.05, 0) is 19.1 Å². The van der Waals surface area contributed by atoms with Gasteiger partial charge >= 0.3 is 0 Å². The van der Waals surface area contributed by atoms with Crippen LogP contribution in [0.2, 0.25) is 0 Å². The molecular weight excluding hydrogens is 290 g/mol. The van der Waals surface area contributed by atoms with Crippen LogP contribution in [0.25, 0.3) is 22.3 Å². The van der Waals surface area contributed by atoms with Gasteiger partial charge < -0.3 is 0 Å². The number of nitrogens with zero attached hydrogens (tertiary/aromatic N) is 4. The molecule has 0 radical (unpaired) electrons. The van der Waals surface area contributed by atoms with E-state index in [0.29, 0.717) is 12.4 Å². The van der Waals surface area contributed by atoms with Gasteiger partial charge in [-0.2, -0.15) is 0 Å². The number of nitrogens with two attached hydrogens (primary N) is 1. The van der Waals surface area contributed by atoms with Crippen molar-refractivity contribution in [1.29, 1.82) is 0 Å². The van der Waals surface area contributed by atoms with Crippen LogP contribution in [0.3, 0.4) is 0 Å². The lowest BCUT2D eigenvalue weighted by Gasteiger charge is -2.08. The van der Waals surface area contributed by atoms with Crippen molar-refractivity contribution in [1.82, 2.24) is 19.7 Å². The van der Waals surface area contributed by atoms with Crippen molar-refractivity contribution in [3.05, 3.63) is 36.5 Å². The summed E-state index contributed by atoms with van der Waals surface area (Å²) in [6, 6.07) is 9.40. The fourth-order valence-electron chi connectivity index (χ4n) is 2.27. The van der Waals surface area contributed by atoms with Crippen molar-refractivity contribution >= 4 is 20.9 Å². The van der Waals surface area contributed by atoms with Crippen LogP contribution in [0.15, 0.2) is 41.7 Å². The summed E-state index contributed by atoms with van der Waals surface area (Å²) in [6.45, 7) is 2.19. The van der Waals surface area contributed by atoms with Crippen molar-refractivity contribution in [3.8, 4) is 11.4 Å². The molecule has 2 heterocycles. The van der Waals surface area contributed by atoms with Crippen LogP contribution in [0, 0.1) is 0 Å². The van der Waals surface area contributed by atoms with E-state index in [2.05, 4.69) is 15.2 Å². The van der Waals surface area contributed by atoms with E-state index in [1.54, 1.807) is 13.1 Å². The summed E-state index contributed by atoms with van der Waals surface area (Å²) in [7, 11) is -3.92. The first-order valence-corrected chi connectivity index (χ1v) is 7.87. The van der Waals surface area contributed by atoms with Crippen LogP contribution in [-0.2, 0) is 16.6 Å². The average molecular weight is 303 g/mol. The lowest BCUT2D eigenvalue weighted by molar-refractivity contribution is 0.571. The maximum atomic E-state index is 11.6. The van der Waals surface area contributed by atoms with Gasteiger partial charge in [-0.1, -0.05) is 18.2 Å². The van der Waals surface area contributed by atoms with Crippen molar-refractivity contribution in [2.45, 2.75) is 18.6 Å². The van der Waals surface area contributed by atoms with E-state index in [9.17, 15) is 8.42 Å². The summed E-state index contributed by atoms with van der Waals surface area (Å²) in [5.41, 5.74) is 1.46. The van der Waals surface area contributed by atoms with Gasteiger partial charge in [-0.15, -0.1) is 10.2 Å². The highest BCUT2D eigenvalue weighted by Crippen LogP contribution is 2.26. The summed E-state index contributed by atoms with van der Waals surface area (Å²) < 4.78 is 24.6. The summed E-state index contributed by atoms with van der Waals surface area (Å²) in [4.78, 5) is 4.34. The molecule has 0 unspecified atom stereocenters. The molecule has 2 N–H and O–H groups in total. The van der Waals surface area contributed by atoms with E-state index in [1.807, 2.05) is 30.3 Å². The molecule has 0 aliphatic carbocycles. The number of aromatic nitrogens is 4. The Morgan fingerprint density at radius 1 is 1.19 bits per heavy atom. The Balaban J connectivity index is 2.32. The first-order chi connectivity index (χ1) is 10.0. The molecule has 108 valence electrons. The van der Waals surface area contributed by atoms with Gasteiger partial charge in [0.15, 0.2) is 5.82 Å². The number of primary sulfonamides is 1. The fraction of sp³-hybridized carbons (Fsp3) is 0.154. The highest BCUT2D eigenvalue weighted by atomic mass is 32.2.